The zero-order valence-corrected chi connectivity index (χ0v) is 9.23. The third kappa shape index (κ3) is 2.18. The molecule has 1 unspecified atom stereocenters. The third-order valence-electron chi connectivity index (χ3n) is 2.61. The number of methoxy groups -OCH3 is 1. The number of nitrogens with zero attached hydrogens (tertiary/aromatic N) is 2. The fourth-order valence-electron chi connectivity index (χ4n) is 1.53. The molecule has 0 aliphatic heterocycles. The quantitative estimate of drug-likeness (QED) is 0.791. The van der Waals surface area contributed by atoms with Crippen LogP contribution in [0.25, 0.3) is 0 Å². The first-order chi connectivity index (χ1) is 7.02. The molecule has 1 heterocycles. The van der Waals surface area contributed by atoms with Crippen LogP contribution < -0.4 is 0 Å². The van der Waals surface area contributed by atoms with Gasteiger partial charge in [-0.2, -0.15) is 0 Å². The Morgan fingerprint density at radius 3 is 2.80 bits per heavy atom. The van der Waals surface area contributed by atoms with Crippen LogP contribution in [-0.4, -0.2) is 34.3 Å². The van der Waals surface area contributed by atoms with Crippen LogP contribution in [0.4, 0.5) is 0 Å². The molecule has 0 bridgehead atoms. The number of rotatable bonds is 5. The lowest BCUT2D eigenvalue weighted by Crippen LogP contribution is -2.40. The normalized spacial score (nSPS) is 14.9. The van der Waals surface area contributed by atoms with Gasteiger partial charge in [-0.3, -0.25) is 0 Å². The summed E-state index contributed by atoms with van der Waals surface area (Å²) in [6.07, 6.45) is 3.69. The van der Waals surface area contributed by atoms with Crippen molar-refractivity contribution >= 4 is 5.97 Å². The number of hydrogen-bond donors (Lipinski definition) is 1. The molecule has 0 saturated heterocycles. The minimum absolute atomic E-state index is 0.403. The number of ether oxygens (including phenoxy) is 1. The average molecular weight is 212 g/mol. The van der Waals surface area contributed by atoms with Crippen LogP contribution in [0.5, 0.6) is 0 Å². The maximum absolute atomic E-state index is 11.3. The smallest absolute Gasteiger partial charge is 0.329 e. The summed E-state index contributed by atoms with van der Waals surface area (Å²) in [5.41, 5.74) is -0.989. The second-order valence-corrected chi connectivity index (χ2v) is 3.67. The number of aryl methyl sites for hydroxylation is 1. The average Bonchev–Trinajstić information content (AvgIpc) is 2.61. The third-order valence-corrected chi connectivity index (χ3v) is 2.61. The van der Waals surface area contributed by atoms with Crippen molar-refractivity contribution in [2.24, 2.45) is 0 Å². The maximum atomic E-state index is 11.3. The minimum atomic E-state index is -0.989. The monoisotopic (exact) mass is 212 g/mol. The molecule has 5 heteroatoms. The zero-order valence-electron chi connectivity index (χ0n) is 9.23. The molecule has 0 spiro atoms. The van der Waals surface area contributed by atoms with Crippen LogP contribution in [0.15, 0.2) is 12.4 Å². The van der Waals surface area contributed by atoms with Gasteiger partial charge in [-0.1, -0.05) is 0 Å². The first-order valence-corrected chi connectivity index (χ1v) is 4.75. The number of carbonyl (C=O) groups is 1. The van der Waals surface area contributed by atoms with Crippen LogP contribution in [0.1, 0.15) is 19.2 Å². The zero-order chi connectivity index (χ0) is 11.5. The van der Waals surface area contributed by atoms with Crippen LogP contribution >= 0.6 is 0 Å². The van der Waals surface area contributed by atoms with Gasteiger partial charge in [0.2, 0.25) is 0 Å². The predicted molar refractivity (Wildman–Crippen MR) is 54.7 cm³/mol. The second-order valence-electron chi connectivity index (χ2n) is 3.67. The Kier molecular flexibility index (Phi) is 3.47. The van der Waals surface area contributed by atoms with E-state index in [0.29, 0.717) is 18.9 Å². The van der Waals surface area contributed by atoms with Crippen molar-refractivity contribution in [1.82, 2.24) is 9.55 Å². The standard InChI is InChI=1S/C10H16N2O3/c1-8-11-5-6-12(8)10(2,9(13)14)4-7-15-3/h5-6H,4,7H2,1-3H3,(H,13,14). The summed E-state index contributed by atoms with van der Waals surface area (Å²) in [7, 11) is 1.56. The number of aromatic nitrogens is 2. The molecule has 84 valence electrons. The Morgan fingerprint density at radius 2 is 2.40 bits per heavy atom. The van der Waals surface area contributed by atoms with Gasteiger partial charge in [0.15, 0.2) is 0 Å². The van der Waals surface area contributed by atoms with E-state index >= 15 is 0 Å². The number of carboxylic acid groups (broad SMARTS) is 1. The van der Waals surface area contributed by atoms with Crippen molar-refractivity contribution in [3.05, 3.63) is 18.2 Å². The molecular weight excluding hydrogens is 196 g/mol. The molecule has 1 N–H and O–H groups in total. The van der Waals surface area contributed by atoms with Gasteiger partial charge in [0, 0.05) is 32.5 Å². The Balaban J connectivity index is 3.01. The number of imidazole rings is 1. The number of hydrogen-bond acceptors (Lipinski definition) is 3. The summed E-state index contributed by atoms with van der Waals surface area (Å²) in [4.78, 5) is 15.3. The van der Waals surface area contributed by atoms with Gasteiger partial charge in [0.25, 0.3) is 0 Å². The lowest BCUT2D eigenvalue weighted by Gasteiger charge is -2.27. The molecule has 0 aliphatic rings. The van der Waals surface area contributed by atoms with E-state index in [9.17, 15) is 9.90 Å². The van der Waals surface area contributed by atoms with Crippen molar-refractivity contribution in [1.29, 1.82) is 0 Å². The first kappa shape index (κ1) is 11.7. The molecule has 15 heavy (non-hydrogen) atoms. The van der Waals surface area contributed by atoms with E-state index in [4.69, 9.17) is 4.74 Å². The highest BCUT2D eigenvalue weighted by Crippen LogP contribution is 2.22. The molecule has 1 atom stereocenters. The molecular formula is C10H16N2O3. The maximum Gasteiger partial charge on any atom is 0.329 e. The summed E-state index contributed by atoms with van der Waals surface area (Å²) in [5.74, 6) is -0.184. The van der Waals surface area contributed by atoms with Gasteiger partial charge in [0.1, 0.15) is 11.4 Å². The van der Waals surface area contributed by atoms with Crippen molar-refractivity contribution in [3.63, 3.8) is 0 Å². The van der Waals surface area contributed by atoms with Gasteiger partial charge in [-0.05, 0) is 13.8 Å². The molecule has 1 aromatic rings. The van der Waals surface area contributed by atoms with E-state index in [2.05, 4.69) is 4.98 Å². The lowest BCUT2D eigenvalue weighted by atomic mass is 9.98. The molecule has 5 nitrogen and oxygen atoms in total. The van der Waals surface area contributed by atoms with Gasteiger partial charge in [-0.15, -0.1) is 0 Å². The topological polar surface area (TPSA) is 64.3 Å². The first-order valence-electron chi connectivity index (χ1n) is 4.75. The van der Waals surface area contributed by atoms with Crippen LogP contribution in [0, 0.1) is 6.92 Å². The molecule has 0 aliphatic carbocycles. The van der Waals surface area contributed by atoms with Crippen molar-refractivity contribution in [2.45, 2.75) is 25.8 Å². The molecule has 0 fully saturated rings. The minimum Gasteiger partial charge on any atom is -0.479 e. The summed E-state index contributed by atoms with van der Waals surface area (Å²) >= 11 is 0. The SMILES string of the molecule is COCCC(C)(C(=O)O)n1ccnc1C. The van der Waals surface area contributed by atoms with Gasteiger partial charge in [-0.25, -0.2) is 9.78 Å². The van der Waals surface area contributed by atoms with Crippen LogP contribution in [-0.2, 0) is 15.1 Å². The molecule has 0 saturated carbocycles. The van der Waals surface area contributed by atoms with Gasteiger partial charge >= 0.3 is 5.97 Å². The van der Waals surface area contributed by atoms with E-state index < -0.39 is 11.5 Å². The highest BCUT2D eigenvalue weighted by Gasteiger charge is 2.35. The predicted octanol–water partition coefficient (Wildman–Crippen LogP) is 1.03. The molecule has 1 aromatic heterocycles. The highest BCUT2D eigenvalue weighted by atomic mass is 16.5. The highest BCUT2D eigenvalue weighted by molar-refractivity contribution is 5.76. The van der Waals surface area contributed by atoms with Crippen LogP contribution in [0.3, 0.4) is 0 Å². The Morgan fingerprint density at radius 1 is 1.73 bits per heavy atom. The van der Waals surface area contributed by atoms with Crippen molar-refractivity contribution in [3.8, 4) is 0 Å². The molecule has 0 amide bonds. The van der Waals surface area contributed by atoms with E-state index in [1.165, 1.54) is 0 Å². The summed E-state index contributed by atoms with van der Waals surface area (Å²) in [6, 6.07) is 0. The fraction of sp³-hybridized carbons (Fsp3) is 0.600. The van der Waals surface area contributed by atoms with Crippen LogP contribution in [0.2, 0.25) is 0 Å². The Hall–Kier alpha value is -1.36. The lowest BCUT2D eigenvalue weighted by molar-refractivity contribution is -0.147. The molecule has 1 rings (SSSR count). The summed E-state index contributed by atoms with van der Waals surface area (Å²) in [5, 5.41) is 9.25. The van der Waals surface area contributed by atoms with Gasteiger partial charge < -0.3 is 14.4 Å². The van der Waals surface area contributed by atoms with E-state index in [1.54, 1.807) is 37.9 Å². The number of aliphatic carboxylic acids is 1. The Bertz CT molecular complexity index is 348. The van der Waals surface area contributed by atoms with E-state index in [0.717, 1.165) is 0 Å². The van der Waals surface area contributed by atoms with E-state index in [-0.39, 0.29) is 0 Å². The Labute approximate surface area is 88.7 Å². The van der Waals surface area contributed by atoms with Crippen molar-refractivity contribution in [2.75, 3.05) is 13.7 Å². The van der Waals surface area contributed by atoms with Crippen molar-refractivity contribution < 1.29 is 14.6 Å². The summed E-state index contributed by atoms with van der Waals surface area (Å²) in [6.45, 7) is 3.86. The largest absolute Gasteiger partial charge is 0.479 e. The second kappa shape index (κ2) is 4.44. The van der Waals surface area contributed by atoms with E-state index in [1.807, 2.05) is 0 Å². The fourth-order valence-corrected chi connectivity index (χ4v) is 1.53. The summed E-state index contributed by atoms with van der Waals surface area (Å²) < 4.78 is 6.59. The van der Waals surface area contributed by atoms with Gasteiger partial charge in [0.05, 0.1) is 0 Å². The molecule has 0 radical (unpaired) electrons. The molecule has 0 aromatic carbocycles. The number of carboxylic acids is 1.